The van der Waals surface area contributed by atoms with Crippen molar-refractivity contribution in [1.29, 1.82) is 0 Å². The van der Waals surface area contributed by atoms with Gasteiger partial charge in [-0.15, -0.1) is 0 Å². The zero-order valence-electron chi connectivity index (χ0n) is 84.3. The number of hydrogen-bond donors (Lipinski definition) is 0. The van der Waals surface area contributed by atoms with E-state index in [1.165, 1.54) is 302 Å². The summed E-state index contributed by atoms with van der Waals surface area (Å²) in [5.41, 5.74) is 46.2. The molecule has 0 aromatic heterocycles. The molecule has 26 aromatic carbocycles. The predicted molar refractivity (Wildman–Crippen MR) is 626 cm³/mol. The van der Waals surface area contributed by atoms with Crippen LogP contribution in [0.3, 0.4) is 0 Å². The lowest BCUT2D eigenvalue weighted by atomic mass is 9.80. The molecule has 26 aromatic rings. The summed E-state index contributed by atoms with van der Waals surface area (Å²) in [5.74, 6) is 0. The van der Waals surface area contributed by atoms with Gasteiger partial charge in [0.2, 0.25) is 0 Å². The van der Waals surface area contributed by atoms with Gasteiger partial charge in [0.15, 0.2) is 0 Å². The summed E-state index contributed by atoms with van der Waals surface area (Å²) in [6.07, 6.45) is 0. The van der Waals surface area contributed by atoms with E-state index in [-0.39, 0.29) is 27.1 Å². The van der Waals surface area contributed by atoms with Crippen LogP contribution in [0.2, 0.25) is 0 Å². The molecule has 0 aliphatic heterocycles. The third-order valence-electron chi connectivity index (χ3n) is 34.3. The summed E-state index contributed by atoms with van der Waals surface area (Å²) in [6.45, 7) is 25.9. The van der Waals surface area contributed by atoms with Gasteiger partial charge < -0.3 is 0 Å². The molecule has 0 N–H and O–H groups in total. The quantitative estimate of drug-likeness (QED) is 0.126. The van der Waals surface area contributed by atoms with Crippen molar-refractivity contribution in [2.45, 2.75) is 103 Å². The molecule has 0 fully saturated rings. The molecule has 0 atom stereocenters. The van der Waals surface area contributed by atoms with Gasteiger partial charge in [0.1, 0.15) is 0 Å². The van der Waals surface area contributed by atoms with Crippen molar-refractivity contribution >= 4 is 108 Å². The lowest BCUT2D eigenvalue weighted by Gasteiger charge is -2.23. The minimum absolute atomic E-state index is 0.0122. The van der Waals surface area contributed by atoms with Crippen LogP contribution in [0.5, 0.6) is 0 Å². The van der Waals surface area contributed by atoms with Crippen LogP contribution < -0.4 is 0 Å². The zero-order valence-corrected chi connectivity index (χ0v) is 84.3. The van der Waals surface area contributed by atoms with Crippen molar-refractivity contribution in [1.82, 2.24) is 0 Å². The highest BCUT2D eigenvalue weighted by Crippen LogP contribution is 2.58. The molecule has 0 unspecified atom stereocenters. The molecule has 0 spiro atoms. The Morgan fingerprint density at radius 1 is 0.130 bits per heavy atom. The van der Waals surface area contributed by atoms with Crippen LogP contribution in [0.25, 0.3) is 252 Å². The Hall–Kier alpha value is -16.9. The first-order valence-corrected chi connectivity index (χ1v) is 52.0. The summed E-state index contributed by atoms with van der Waals surface area (Å²) in [7, 11) is 0. The molecule has 146 heavy (non-hydrogen) atoms. The van der Waals surface area contributed by atoms with E-state index in [0.29, 0.717) is 0 Å². The molecule has 0 heteroatoms. The third kappa shape index (κ3) is 13.5. The maximum absolute atomic E-state index is 2.46. The molecular formula is C146H108. The minimum Gasteiger partial charge on any atom is -0.0619 e. The highest BCUT2D eigenvalue weighted by Gasteiger charge is 2.41. The molecule has 0 amide bonds. The molecule has 0 saturated carbocycles. The van der Waals surface area contributed by atoms with Crippen LogP contribution in [0.15, 0.2) is 455 Å². The Labute approximate surface area is 854 Å². The van der Waals surface area contributed by atoms with E-state index in [9.17, 15) is 0 Å². The summed E-state index contributed by atoms with van der Waals surface area (Å²) in [5, 5.41) is 26.5. The zero-order chi connectivity index (χ0) is 98.3. The van der Waals surface area contributed by atoms with Crippen LogP contribution in [-0.2, 0) is 27.1 Å². The molecule has 0 heterocycles. The van der Waals surface area contributed by atoms with E-state index in [0.717, 1.165) is 0 Å². The molecule has 30 rings (SSSR count). The highest BCUT2D eigenvalue weighted by atomic mass is 14.4. The summed E-state index contributed by atoms with van der Waals surface area (Å²) < 4.78 is 0. The lowest BCUT2D eigenvalue weighted by Crippen LogP contribution is -2.15. The van der Waals surface area contributed by atoms with Gasteiger partial charge >= 0.3 is 0 Å². The standard InChI is InChI=1S/C56H46.C47H32.C43H30/c1-54(2,3)41-28-39-17-16-35-18-23-42(47-27-22-40(29-41)52(39)53(35)47)34-14-12-33(13-15-34)36-19-24-45-46-26-21-38(32-51(46)56(6,7)50(45)30-36)37-20-25-44-43-10-8-9-11-48(43)55(4,5)49(44)31-37;1-47(2)43-27-34(20-23-40(43)41-24-21-36(28-44(41)47)38-15-7-9-29-8-3-4-14-37(29)38)33-12-6-13-35(26-33)39-22-18-32-17-16-30-10-5-11-31-19-25-42(39)46(32)45(30)31;1-43(2)39-9-4-3-8-36(39)37-24-22-34(26-40(37)43)29-12-10-27(11-13-29)28-14-16-30(17-15-28)35-23-20-33-19-18-31-6-5-7-32-21-25-38(35)42(33)41(31)32/h8-32H,1-7H3;3-28H,1-2H3;3-26H,1-2H3. The minimum atomic E-state index is -0.113. The van der Waals surface area contributed by atoms with E-state index in [4.69, 9.17) is 0 Å². The van der Waals surface area contributed by atoms with Crippen LogP contribution >= 0.6 is 0 Å². The third-order valence-corrected chi connectivity index (χ3v) is 34.3. The second kappa shape index (κ2) is 32.3. The van der Waals surface area contributed by atoms with Gasteiger partial charge in [0, 0.05) is 21.7 Å². The highest BCUT2D eigenvalue weighted by molar-refractivity contribution is 6.28. The van der Waals surface area contributed by atoms with Gasteiger partial charge in [-0.3, -0.25) is 0 Å². The smallest absolute Gasteiger partial charge is 0.0159 e. The van der Waals surface area contributed by atoms with Crippen LogP contribution in [-0.4, -0.2) is 0 Å². The van der Waals surface area contributed by atoms with Gasteiger partial charge in [-0.2, -0.15) is 0 Å². The molecular weight excluding hydrogens is 1750 g/mol. The number of benzene rings is 26. The van der Waals surface area contributed by atoms with Crippen molar-refractivity contribution < 1.29 is 0 Å². The van der Waals surface area contributed by atoms with Gasteiger partial charge in [-0.25, -0.2) is 0 Å². The second-order valence-corrected chi connectivity index (χ2v) is 44.9. The first kappa shape index (κ1) is 86.9. The van der Waals surface area contributed by atoms with Gasteiger partial charge in [-0.05, 0) is 350 Å². The van der Waals surface area contributed by atoms with E-state index >= 15 is 0 Å². The van der Waals surface area contributed by atoms with Gasteiger partial charge in [-0.1, -0.05) is 489 Å². The Bertz CT molecular complexity index is 9870. The van der Waals surface area contributed by atoms with Crippen molar-refractivity contribution in [3.05, 3.63) is 505 Å². The van der Waals surface area contributed by atoms with Crippen molar-refractivity contribution in [3.8, 4) is 145 Å². The van der Waals surface area contributed by atoms with E-state index in [1.54, 1.807) is 0 Å². The molecule has 0 bridgehead atoms. The molecule has 0 radical (unpaired) electrons. The monoisotopic (exact) mass is 1860 g/mol. The van der Waals surface area contributed by atoms with E-state index in [2.05, 4.69) is 531 Å². The molecule has 0 saturated heterocycles. The summed E-state index contributed by atoms with van der Waals surface area (Å²) in [6, 6.07) is 171. The Balaban J connectivity index is 0.000000107. The first-order valence-electron chi connectivity index (χ1n) is 52.0. The largest absolute Gasteiger partial charge is 0.0619 e. The van der Waals surface area contributed by atoms with Crippen LogP contribution in [0.1, 0.15) is 126 Å². The van der Waals surface area contributed by atoms with Gasteiger partial charge in [0.25, 0.3) is 0 Å². The Kier molecular flexibility index (Phi) is 19.2. The summed E-state index contributed by atoms with van der Waals surface area (Å²) >= 11 is 0. The first-order chi connectivity index (χ1) is 71.0. The van der Waals surface area contributed by atoms with Gasteiger partial charge in [0.05, 0.1) is 0 Å². The Morgan fingerprint density at radius 3 is 0.753 bits per heavy atom. The van der Waals surface area contributed by atoms with Crippen molar-refractivity contribution in [2.24, 2.45) is 0 Å². The SMILES string of the molecule is CC(C)(C)c1cc2ccc3ccc(-c4ccc(-c5ccc6c(c5)C(C)(C)c5cc(-c7ccc8c(c7)C(C)(C)c7ccccc7-8)ccc5-6)cc4)c4ccc(c1)c2c34.CC1(C)c2cc(-c3cccc(-c4ccc5ccc6cccc7ccc4c5c67)c3)ccc2-c2ccc(-c3cccc4ccccc34)cc21.CC1(C)c2ccccc2-c2ccc(-c3ccc(-c4ccc(-c5ccc6ccc7cccc8ccc5c6c78)cc4)cc3)cc21. The van der Waals surface area contributed by atoms with Crippen LogP contribution in [0.4, 0.5) is 0 Å². The molecule has 0 nitrogen and oxygen atoms in total. The number of fused-ring (bicyclic) bond motifs is 13. The lowest BCUT2D eigenvalue weighted by molar-refractivity contribution is 0.591. The molecule has 4 aliphatic rings. The summed E-state index contributed by atoms with van der Waals surface area (Å²) in [4.78, 5) is 0. The van der Waals surface area contributed by atoms with E-state index < -0.39 is 0 Å². The second-order valence-electron chi connectivity index (χ2n) is 44.9. The predicted octanol–water partition coefficient (Wildman–Crippen LogP) is 40.4. The van der Waals surface area contributed by atoms with E-state index in [1.807, 2.05) is 0 Å². The average molecular weight is 1860 g/mol. The molecule has 692 valence electrons. The fourth-order valence-electron chi connectivity index (χ4n) is 26.3. The number of hydrogen-bond acceptors (Lipinski definition) is 0. The maximum atomic E-state index is 2.46. The Morgan fingerprint density at radius 2 is 0.349 bits per heavy atom. The average Bonchev–Trinajstić information content (AvgIpc) is 1.27. The fraction of sp³-hybridized carbons (Fsp3) is 0.110. The fourth-order valence-corrected chi connectivity index (χ4v) is 26.3. The normalized spacial score (nSPS) is 14.1. The van der Waals surface area contributed by atoms with Crippen LogP contribution in [0, 0.1) is 0 Å². The van der Waals surface area contributed by atoms with Crippen molar-refractivity contribution in [2.75, 3.05) is 0 Å². The number of rotatable bonds is 9. The molecule has 4 aliphatic carbocycles. The van der Waals surface area contributed by atoms with Crippen molar-refractivity contribution in [3.63, 3.8) is 0 Å². The topological polar surface area (TPSA) is 0 Å². The maximum Gasteiger partial charge on any atom is 0.0159 e.